The zero-order valence-electron chi connectivity index (χ0n) is 13.9. The van der Waals surface area contributed by atoms with Gasteiger partial charge >= 0.3 is 5.97 Å². The van der Waals surface area contributed by atoms with Crippen LogP contribution in [-0.2, 0) is 4.79 Å². The molecule has 6 heteroatoms. The molecule has 0 spiro atoms. The van der Waals surface area contributed by atoms with Crippen molar-refractivity contribution in [3.8, 4) is 11.5 Å². The summed E-state index contributed by atoms with van der Waals surface area (Å²) in [5.74, 6) is 0.366. The summed E-state index contributed by atoms with van der Waals surface area (Å²) in [5.41, 5.74) is 0.537. The van der Waals surface area contributed by atoms with Crippen molar-refractivity contribution >= 4 is 11.9 Å². The summed E-state index contributed by atoms with van der Waals surface area (Å²) in [6.45, 7) is 5.12. The Morgan fingerprint density at radius 1 is 1.33 bits per heavy atom. The van der Waals surface area contributed by atoms with Gasteiger partial charge in [-0.3, -0.25) is 9.59 Å². The van der Waals surface area contributed by atoms with Gasteiger partial charge in [0, 0.05) is 25.1 Å². The van der Waals surface area contributed by atoms with E-state index in [-0.39, 0.29) is 18.2 Å². The molecule has 1 N–H and O–H groups in total. The highest BCUT2D eigenvalue weighted by Gasteiger charge is 2.25. The number of nitrogens with zero attached hydrogens (tertiary/aromatic N) is 1. The van der Waals surface area contributed by atoms with E-state index in [1.807, 2.05) is 0 Å². The number of rotatable bonds is 7. The van der Waals surface area contributed by atoms with Gasteiger partial charge in [-0.2, -0.15) is 0 Å². The molecule has 130 valence electrons. The maximum absolute atomic E-state index is 12.6. The van der Waals surface area contributed by atoms with Crippen LogP contribution in [0.5, 0.6) is 11.5 Å². The van der Waals surface area contributed by atoms with Crippen molar-refractivity contribution in [3.63, 3.8) is 0 Å². The molecule has 0 saturated carbocycles. The van der Waals surface area contributed by atoms with Crippen LogP contribution < -0.4 is 9.47 Å². The maximum atomic E-state index is 12.6. The van der Waals surface area contributed by atoms with Gasteiger partial charge in [-0.05, 0) is 37.0 Å². The predicted octanol–water partition coefficient (Wildman–Crippen LogP) is 2.59. The van der Waals surface area contributed by atoms with Gasteiger partial charge in [0.25, 0.3) is 5.91 Å². The van der Waals surface area contributed by atoms with E-state index in [9.17, 15) is 9.59 Å². The van der Waals surface area contributed by atoms with Crippen LogP contribution in [0.4, 0.5) is 0 Å². The number of carboxylic acids is 1. The molecule has 0 atom stereocenters. The molecule has 1 aliphatic heterocycles. The second-order valence-electron chi connectivity index (χ2n) is 5.80. The van der Waals surface area contributed by atoms with Crippen molar-refractivity contribution in [1.82, 2.24) is 4.90 Å². The monoisotopic (exact) mass is 333 g/mol. The van der Waals surface area contributed by atoms with Crippen LogP contribution in [0.15, 0.2) is 30.9 Å². The van der Waals surface area contributed by atoms with E-state index >= 15 is 0 Å². The average Bonchev–Trinajstić information content (AvgIpc) is 2.59. The molecule has 0 aliphatic carbocycles. The molecule has 1 aliphatic rings. The Morgan fingerprint density at radius 2 is 2.04 bits per heavy atom. The number of hydrogen-bond acceptors (Lipinski definition) is 4. The van der Waals surface area contributed by atoms with E-state index in [1.165, 1.54) is 7.11 Å². The third-order valence-corrected chi connectivity index (χ3v) is 4.13. The third-order valence-electron chi connectivity index (χ3n) is 4.13. The standard InChI is InChI=1S/C18H23NO5/c1-3-10-24-15-5-4-14(12-16(15)23-2)18(22)19-8-6-13(7-9-19)11-17(20)21/h3-5,12-13H,1,6-11H2,2H3,(H,20,21). The van der Waals surface area contributed by atoms with Gasteiger partial charge < -0.3 is 19.5 Å². The van der Waals surface area contributed by atoms with Gasteiger partial charge in [-0.1, -0.05) is 12.7 Å². The molecule has 1 saturated heterocycles. The Morgan fingerprint density at radius 3 is 2.62 bits per heavy atom. The third kappa shape index (κ3) is 4.50. The van der Waals surface area contributed by atoms with Crippen molar-refractivity contribution in [3.05, 3.63) is 36.4 Å². The highest BCUT2D eigenvalue weighted by molar-refractivity contribution is 5.95. The quantitative estimate of drug-likeness (QED) is 0.776. The lowest BCUT2D eigenvalue weighted by Gasteiger charge is -2.31. The molecule has 1 heterocycles. The lowest BCUT2D eigenvalue weighted by atomic mass is 9.93. The van der Waals surface area contributed by atoms with Gasteiger partial charge in [0.15, 0.2) is 11.5 Å². The van der Waals surface area contributed by atoms with Gasteiger partial charge in [0.1, 0.15) is 6.61 Å². The molecule has 2 rings (SSSR count). The van der Waals surface area contributed by atoms with Gasteiger partial charge in [-0.15, -0.1) is 0 Å². The molecule has 1 aromatic rings. The van der Waals surface area contributed by atoms with Gasteiger partial charge in [-0.25, -0.2) is 0 Å². The van der Waals surface area contributed by atoms with Crippen LogP contribution in [0.2, 0.25) is 0 Å². The van der Waals surface area contributed by atoms with Crippen molar-refractivity contribution in [2.75, 3.05) is 26.8 Å². The molecular formula is C18H23NO5. The second-order valence-corrected chi connectivity index (χ2v) is 5.80. The van der Waals surface area contributed by atoms with Crippen LogP contribution in [0.1, 0.15) is 29.6 Å². The summed E-state index contributed by atoms with van der Waals surface area (Å²) in [6.07, 6.45) is 3.25. The summed E-state index contributed by atoms with van der Waals surface area (Å²) in [4.78, 5) is 25.1. The zero-order chi connectivity index (χ0) is 17.5. The lowest BCUT2D eigenvalue weighted by Crippen LogP contribution is -2.38. The van der Waals surface area contributed by atoms with Crippen LogP contribution >= 0.6 is 0 Å². The first-order valence-electron chi connectivity index (χ1n) is 7.98. The number of likely N-dealkylation sites (tertiary alicyclic amines) is 1. The summed E-state index contributed by atoms with van der Waals surface area (Å²) in [5, 5.41) is 8.85. The number of piperidine rings is 1. The number of amides is 1. The number of hydrogen-bond donors (Lipinski definition) is 1. The fourth-order valence-corrected chi connectivity index (χ4v) is 2.84. The van der Waals surface area contributed by atoms with Crippen LogP contribution in [0, 0.1) is 5.92 Å². The Kier molecular flexibility index (Phi) is 6.23. The zero-order valence-corrected chi connectivity index (χ0v) is 13.9. The molecule has 0 unspecified atom stereocenters. The largest absolute Gasteiger partial charge is 0.493 e. The van der Waals surface area contributed by atoms with Crippen LogP contribution in [0.25, 0.3) is 0 Å². The summed E-state index contributed by atoms with van der Waals surface area (Å²) in [7, 11) is 1.53. The minimum atomic E-state index is -0.778. The van der Waals surface area contributed by atoms with Gasteiger partial charge in [0.05, 0.1) is 7.11 Å². The fourth-order valence-electron chi connectivity index (χ4n) is 2.84. The van der Waals surface area contributed by atoms with Crippen molar-refractivity contribution < 1.29 is 24.2 Å². The Hall–Kier alpha value is -2.50. The molecule has 1 amide bonds. The normalized spacial score (nSPS) is 15.0. The van der Waals surface area contributed by atoms with E-state index in [4.69, 9.17) is 14.6 Å². The smallest absolute Gasteiger partial charge is 0.303 e. The van der Waals surface area contributed by atoms with E-state index in [1.54, 1.807) is 29.2 Å². The molecule has 6 nitrogen and oxygen atoms in total. The Bertz CT molecular complexity index is 605. The molecule has 0 aromatic heterocycles. The SMILES string of the molecule is C=CCOc1ccc(C(=O)N2CCC(CC(=O)O)CC2)cc1OC. The molecule has 1 fully saturated rings. The minimum absolute atomic E-state index is 0.0719. The number of benzene rings is 1. The number of carbonyl (C=O) groups excluding carboxylic acids is 1. The van der Waals surface area contributed by atoms with Gasteiger partial charge in [0.2, 0.25) is 0 Å². The van der Waals surface area contributed by atoms with E-state index in [0.717, 1.165) is 12.8 Å². The Balaban J connectivity index is 2.02. The lowest BCUT2D eigenvalue weighted by molar-refractivity contribution is -0.138. The fraction of sp³-hybridized carbons (Fsp3) is 0.444. The predicted molar refractivity (Wildman–Crippen MR) is 89.6 cm³/mol. The number of aliphatic carboxylic acids is 1. The van der Waals surface area contributed by atoms with Crippen LogP contribution in [0.3, 0.4) is 0 Å². The number of methoxy groups -OCH3 is 1. The molecule has 24 heavy (non-hydrogen) atoms. The average molecular weight is 333 g/mol. The van der Waals surface area contributed by atoms with Crippen molar-refractivity contribution in [2.45, 2.75) is 19.3 Å². The summed E-state index contributed by atoms with van der Waals surface area (Å²) in [6, 6.07) is 5.10. The number of carbonyl (C=O) groups is 2. The van der Waals surface area contributed by atoms with Crippen LogP contribution in [-0.4, -0.2) is 48.7 Å². The van der Waals surface area contributed by atoms with Crippen molar-refractivity contribution in [1.29, 1.82) is 0 Å². The molecular weight excluding hydrogens is 310 g/mol. The summed E-state index contributed by atoms with van der Waals surface area (Å²) < 4.78 is 10.8. The molecule has 1 aromatic carbocycles. The first kappa shape index (κ1) is 17.8. The van der Waals surface area contributed by atoms with E-state index in [0.29, 0.717) is 36.8 Å². The second kappa shape index (κ2) is 8.38. The summed E-state index contributed by atoms with van der Waals surface area (Å²) >= 11 is 0. The van der Waals surface area contributed by atoms with E-state index in [2.05, 4.69) is 6.58 Å². The topological polar surface area (TPSA) is 76.1 Å². The number of ether oxygens (including phenoxy) is 2. The van der Waals surface area contributed by atoms with Crippen molar-refractivity contribution in [2.24, 2.45) is 5.92 Å². The first-order valence-corrected chi connectivity index (χ1v) is 7.98. The highest BCUT2D eigenvalue weighted by atomic mass is 16.5. The maximum Gasteiger partial charge on any atom is 0.303 e. The highest BCUT2D eigenvalue weighted by Crippen LogP contribution is 2.29. The first-order chi connectivity index (χ1) is 11.5. The molecule has 0 radical (unpaired) electrons. The Labute approximate surface area is 141 Å². The molecule has 0 bridgehead atoms. The number of carboxylic acid groups (broad SMARTS) is 1. The van der Waals surface area contributed by atoms with E-state index < -0.39 is 5.97 Å². The minimum Gasteiger partial charge on any atom is -0.493 e.